The van der Waals surface area contributed by atoms with Gasteiger partial charge < -0.3 is 9.73 Å². The third kappa shape index (κ3) is 3.35. The van der Waals surface area contributed by atoms with Crippen molar-refractivity contribution in [1.29, 1.82) is 0 Å². The van der Waals surface area contributed by atoms with Gasteiger partial charge in [-0.05, 0) is 42.0 Å². The van der Waals surface area contributed by atoms with E-state index in [1.165, 1.54) is 6.92 Å². The first kappa shape index (κ1) is 14.4. The highest BCUT2D eigenvalue weighted by molar-refractivity contribution is 6.31. The standard InChI is InChI=1S/C17H13ClN2O2/c1-11(21)19-14-6-2-12(3-7-14)4-9-17-20-15-10-13(18)5-8-16(15)22-17/h2-10H,1H3,(H,19,21). The SMILES string of the molecule is CC(=O)Nc1ccc(C=Cc2nc3cc(Cl)ccc3o2)cc1. The second kappa shape index (κ2) is 6.03. The van der Waals surface area contributed by atoms with Crippen LogP contribution < -0.4 is 5.32 Å². The van der Waals surface area contributed by atoms with Gasteiger partial charge in [-0.1, -0.05) is 23.7 Å². The lowest BCUT2D eigenvalue weighted by atomic mass is 10.2. The summed E-state index contributed by atoms with van der Waals surface area (Å²) in [6.45, 7) is 1.48. The molecule has 0 saturated heterocycles. The molecule has 0 unspecified atom stereocenters. The van der Waals surface area contributed by atoms with Gasteiger partial charge in [-0.25, -0.2) is 4.98 Å². The first-order valence-electron chi connectivity index (χ1n) is 6.72. The van der Waals surface area contributed by atoms with Gasteiger partial charge in [-0.2, -0.15) is 0 Å². The number of hydrogen-bond acceptors (Lipinski definition) is 3. The number of aromatic nitrogens is 1. The summed E-state index contributed by atoms with van der Waals surface area (Å²) in [6.07, 6.45) is 3.69. The lowest BCUT2D eigenvalue weighted by Crippen LogP contribution is -2.05. The number of nitrogens with one attached hydrogen (secondary N) is 1. The molecule has 0 aliphatic heterocycles. The van der Waals surface area contributed by atoms with Crippen molar-refractivity contribution in [2.24, 2.45) is 0 Å². The van der Waals surface area contributed by atoms with E-state index in [1.807, 2.05) is 30.3 Å². The number of carbonyl (C=O) groups excluding carboxylic acids is 1. The van der Waals surface area contributed by atoms with Crippen molar-refractivity contribution in [2.75, 3.05) is 5.32 Å². The summed E-state index contributed by atoms with van der Waals surface area (Å²) < 4.78 is 5.61. The van der Waals surface area contributed by atoms with Crippen LogP contribution >= 0.6 is 11.6 Å². The largest absolute Gasteiger partial charge is 0.437 e. The summed E-state index contributed by atoms with van der Waals surface area (Å²) in [6, 6.07) is 12.8. The first-order chi connectivity index (χ1) is 10.6. The lowest BCUT2D eigenvalue weighted by molar-refractivity contribution is -0.114. The zero-order valence-corrected chi connectivity index (χ0v) is 12.6. The summed E-state index contributed by atoms with van der Waals surface area (Å²) in [7, 11) is 0. The van der Waals surface area contributed by atoms with Gasteiger partial charge in [0.1, 0.15) is 5.52 Å². The predicted octanol–water partition coefficient (Wildman–Crippen LogP) is 4.61. The van der Waals surface area contributed by atoms with Crippen molar-refractivity contribution in [3.63, 3.8) is 0 Å². The minimum atomic E-state index is -0.0894. The van der Waals surface area contributed by atoms with E-state index >= 15 is 0 Å². The number of anilines is 1. The summed E-state index contributed by atoms with van der Waals surface area (Å²) >= 11 is 5.92. The quantitative estimate of drug-likeness (QED) is 0.768. The molecule has 5 heteroatoms. The van der Waals surface area contributed by atoms with Crippen LogP contribution in [0.15, 0.2) is 46.9 Å². The van der Waals surface area contributed by atoms with E-state index in [-0.39, 0.29) is 5.91 Å². The molecule has 0 aliphatic carbocycles. The molecule has 0 atom stereocenters. The zero-order valence-electron chi connectivity index (χ0n) is 11.8. The molecule has 0 aliphatic rings. The average Bonchev–Trinajstić information content (AvgIpc) is 2.88. The number of halogens is 1. The van der Waals surface area contributed by atoms with Crippen molar-refractivity contribution < 1.29 is 9.21 Å². The predicted molar refractivity (Wildman–Crippen MR) is 88.7 cm³/mol. The third-order valence-corrected chi connectivity index (χ3v) is 3.25. The topological polar surface area (TPSA) is 55.1 Å². The summed E-state index contributed by atoms with van der Waals surface area (Å²) in [5.41, 5.74) is 3.17. The number of benzene rings is 2. The number of hydrogen-bond donors (Lipinski definition) is 1. The van der Waals surface area contributed by atoms with Gasteiger partial charge >= 0.3 is 0 Å². The highest BCUT2D eigenvalue weighted by atomic mass is 35.5. The lowest BCUT2D eigenvalue weighted by Gasteiger charge is -2.01. The third-order valence-electron chi connectivity index (χ3n) is 3.02. The molecule has 0 radical (unpaired) electrons. The Bertz CT molecular complexity index is 851. The van der Waals surface area contributed by atoms with Gasteiger partial charge in [0.05, 0.1) is 0 Å². The molecule has 1 N–H and O–H groups in total. The van der Waals surface area contributed by atoms with Crippen LogP contribution in [0.25, 0.3) is 23.3 Å². The van der Waals surface area contributed by atoms with Gasteiger partial charge in [0.25, 0.3) is 0 Å². The Morgan fingerprint density at radius 1 is 1.18 bits per heavy atom. The molecule has 0 saturated carbocycles. The van der Waals surface area contributed by atoms with Gasteiger partial charge in [-0.3, -0.25) is 4.79 Å². The monoisotopic (exact) mass is 312 g/mol. The minimum absolute atomic E-state index is 0.0894. The Labute approximate surface area is 132 Å². The molecule has 110 valence electrons. The molecule has 0 bridgehead atoms. The van der Waals surface area contributed by atoms with E-state index < -0.39 is 0 Å². The Morgan fingerprint density at radius 3 is 2.68 bits per heavy atom. The molecule has 0 spiro atoms. The van der Waals surface area contributed by atoms with E-state index in [9.17, 15) is 4.79 Å². The fourth-order valence-electron chi connectivity index (χ4n) is 2.04. The highest BCUT2D eigenvalue weighted by Gasteiger charge is 2.03. The number of nitrogens with zero attached hydrogens (tertiary/aromatic N) is 1. The Hall–Kier alpha value is -2.59. The number of amides is 1. The summed E-state index contributed by atoms with van der Waals surface area (Å²) in [5.74, 6) is 0.427. The van der Waals surface area contributed by atoms with E-state index in [0.717, 1.165) is 16.8 Å². The van der Waals surface area contributed by atoms with E-state index in [2.05, 4.69) is 10.3 Å². The highest BCUT2D eigenvalue weighted by Crippen LogP contribution is 2.21. The van der Waals surface area contributed by atoms with Gasteiger partial charge in [0, 0.05) is 23.7 Å². The van der Waals surface area contributed by atoms with E-state index in [4.69, 9.17) is 16.0 Å². The molecule has 1 heterocycles. The van der Waals surface area contributed by atoms with Crippen LogP contribution in [0.3, 0.4) is 0 Å². The maximum atomic E-state index is 11.0. The van der Waals surface area contributed by atoms with Gasteiger partial charge in [-0.15, -0.1) is 0 Å². The molecule has 1 amide bonds. The molecular formula is C17H13ClN2O2. The maximum Gasteiger partial charge on any atom is 0.221 e. The molecule has 3 aromatic rings. The van der Waals surface area contributed by atoms with Crippen LogP contribution in [0, 0.1) is 0 Å². The molecule has 1 aromatic heterocycles. The molecule has 0 fully saturated rings. The smallest absolute Gasteiger partial charge is 0.221 e. The fourth-order valence-corrected chi connectivity index (χ4v) is 2.20. The Kier molecular flexibility index (Phi) is 3.94. The van der Waals surface area contributed by atoms with E-state index in [1.54, 1.807) is 24.3 Å². The van der Waals surface area contributed by atoms with Crippen LogP contribution in [-0.2, 0) is 4.79 Å². The van der Waals surface area contributed by atoms with Gasteiger partial charge in [0.15, 0.2) is 5.58 Å². The number of oxazole rings is 1. The first-order valence-corrected chi connectivity index (χ1v) is 7.10. The summed E-state index contributed by atoms with van der Waals surface area (Å²) in [5, 5.41) is 3.35. The van der Waals surface area contributed by atoms with Crippen LogP contribution in [-0.4, -0.2) is 10.9 Å². The minimum Gasteiger partial charge on any atom is -0.437 e. The second-order valence-electron chi connectivity index (χ2n) is 4.80. The summed E-state index contributed by atoms with van der Waals surface area (Å²) in [4.78, 5) is 15.3. The van der Waals surface area contributed by atoms with Crippen molar-refractivity contribution in [2.45, 2.75) is 6.92 Å². The van der Waals surface area contributed by atoms with Crippen molar-refractivity contribution >= 4 is 46.4 Å². The van der Waals surface area contributed by atoms with Crippen molar-refractivity contribution in [1.82, 2.24) is 4.98 Å². The molecule has 22 heavy (non-hydrogen) atoms. The number of rotatable bonds is 3. The van der Waals surface area contributed by atoms with Crippen LogP contribution in [0.1, 0.15) is 18.4 Å². The van der Waals surface area contributed by atoms with Crippen LogP contribution in [0.4, 0.5) is 5.69 Å². The van der Waals surface area contributed by atoms with Crippen LogP contribution in [0.5, 0.6) is 0 Å². The molecular weight excluding hydrogens is 300 g/mol. The fraction of sp³-hybridized carbons (Fsp3) is 0.0588. The Morgan fingerprint density at radius 2 is 1.95 bits per heavy atom. The maximum absolute atomic E-state index is 11.0. The van der Waals surface area contributed by atoms with Crippen molar-refractivity contribution in [3.8, 4) is 0 Å². The van der Waals surface area contributed by atoms with E-state index in [0.29, 0.717) is 16.5 Å². The van der Waals surface area contributed by atoms with Gasteiger partial charge in [0.2, 0.25) is 11.8 Å². The number of fused-ring (bicyclic) bond motifs is 1. The second-order valence-corrected chi connectivity index (χ2v) is 5.24. The number of carbonyl (C=O) groups is 1. The molecule has 2 aromatic carbocycles. The molecule has 3 rings (SSSR count). The Balaban J connectivity index is 1.78. The zero-order chi connectivity index (χ0) is 15.5. The van der Waals surface area contributed by atoms with Crippen LogP contribution in [0.2, 0.25) is 5.02 Å². The van der Waals surface area contributed by atoms with Crippen molar-refractivity contribution in [3.05, 3.63) is 58.9 Å². The molecule has 4 nitrogen and oxygen atoms in total. The normalized spacial score (nSPS) is 11.2. The average molecular weight is 313 g/mol.